The standard InChI is InChI=1S/C10H9N3O/c1-13-6-7(5-11)9-10(13)8(14-2)3-4-12-9/h3-4,6H,1-2H3. The minimum absolute atomic E-state index is 0.571. The molecular formula is C10H9N3O. The maximum absolute atomic E-state index is 8.87. The summed E-state index contributed by atoms with van der Waals surface area (Å²) in [6.45, 7) is 0. The van der Waals surface area contributed by atoms with Gasteiger partial charge in [-0.05, 0) is 0 Å². The van der Waals surface area contributed by atoms with Gasteiger partial charge in [0.05, 0.1) is 12.7 Å². The van der Waals surface area contributed by atoms with Crippen LogP contribution in [0.5, 0.6) is 5.75 Å². The Morgan fingerprint density at radius 3 is 3.00 bits per heavy atom. The van der Waals surface area contributed by atoms with Gasteiger partial charge in [-0.2, -0.15) is 5.26 Å². The predicted molar refractivity (Wildman–Crippen MR) is 52.0 cm³/mol. The zero-order valence-electron chi connectivity index (χ0n) is 7.98. The van der Waals surface area contributed by atoms with Crippen molar-refractivity contribution in [1.29, 1.82) is 5.26 Å². The molecule has 0 aliphatic heterocycles. The van der Waals surface area contributed by atoms with Crippen molar-refractivity contribution in [3.63, 3.8) is 0 Å². The molecule has 2 heterocycles. The number of rotatable bonds is 1. The van der Waals surface area contributed by atoms with Crippen molar-refractivity contribution in [1.82, 2.24) is 9.55 Å². The van der Waals surface area contributed by atoms with E-state index in [0.717, 1.165) is 11.3 Å². The maximum atomic E-state index is 8.87. The van der Waals surface area contributed by atoms with E-state index in [1.54, 1.807) is 25.6 Å². The Labute approximate surface area is 81.4 Å². The Balaban J connectivity index is 2.90. The monoisotopic (exact) mass is 187 g/mol. The Hall–Kier alpha value is -2.02. The number of hydrogen-bond donors (Lipinski definition) is 0. The van der Waals surface area contributed by atoms with Crippen molar-refractivity contribution >= 4 is 11.0 Å². The lowest BCUT2D eigenvalue weighted by atomic mass is 10.3. The molecule has 0 saturated heterocycles. The lowest BCUT2D eigenvalue weighted by Crippen LogP contribution is -1.90. The van der Waals surface area contributed by atoms with Gasteiger partial charge >= 0.3 is 0 Å². The van der Waals surface area contributed by atoms with Crippen LogP contribution in [0.15, 0.2) is 18.5 Å². The summed E-state index contributed by atoms with van der Waals surface area (Å²) < 4.78 is 7.04. The average Bonchev–Trinajstić information content (AvgIpc) is 2.55. The summed E-state index contributed by atoms with van der Waals surface area (Å²) in [4.78, 5) is 4.16. The number of aryl methyl sites for hydroxylation is 1. The molecule has 14 heavy (non-hydrogen) atoms. The number of hydrogen-bond acceptors (Lipinski definition) is 3. The van der Waals surface area contributed by atoms with Crippen LogP contribution in [-0.2, 0) is 7.05 Å². The Morgan fingerprint density at radius 2 is 2.36 bits per heavy atom. The van der Waals surface area contributed by atoms with Gasteiger partial charge in [-0.1, -0.05) is 0 Å². The van der Waals surface area contributed by atoms with Crippen LogP contribution in [0.25, 0.3) is 11.0 Å². The van der Waals surface area contributed by atoms with Gasteiger partial charge in [0.2, 0.25) is 0 Å². The van der Waals surface area contributed by atoms with Gasteiger partial charge in [-0.25, -0.2) is 0 Å². The van der Waals surface area contributed by atoms with E-state index < -0.39 is 0 Å². The molecule has 0 aliphatic carbocycles. The van der Waals surface area contributed by atoms with E-state index in [1.165, 1.54) is 0 Å². The fourth-order valence-corrected chi connectivity index (χ4v) is 1.54. The van der Waals surface area contributed by atoms with Crippen molar-refractivity contribution in [2.24, 2.45) is 7.05 Å². The molecule has 0 amide bonds. The number of fused-ring (bicyclic) bond motifs is 1. The minimum atomic E-state index is 0.571. The molecule has 0 aliphatic rings. The van der Waals surface area contributed by atoms with E-state index in [9.17, 15) is 0 Å². The van der Waals surface area contributed by atoms with Crippen LogP contribution in [0.4, 0.5) is 0 Å². The molecule has 0 atom stereocenters. The van der Waals surface area contributed by atoms with Gasteiger partial charge in [0, 0.05) is 25.5 Å². The number of aromatic nitrogens is 2. The van der Waals surface area contributed by atoms with Crippen molar-refractivity contribution in [2.45, 2.75) is 0 Å². The summed E-state index contributed by atoms with van der Waals surface area (Å²) >= 11 is 0. The number of methoxy groups -OCH3 is 1. The van der Waals surface area contributed by atoms with Crippen molar-refractivity contribution in [3.8, 4) is 11.8 Å². The van der Waals surface area contributed by atoms with E-state index in [2.05, 4.69) is 11.1 Å². The summed E-state index contributed by atoms with van der Waals surface area (Å²) in [7, 11) is 3.47. The summed E-state index contributed by atoms with van der Waals surface area (Å²) in [5.74, 6) is 0.735. The molecule has 0 fully saturated rings. The number of nitriles is 1. The van der Waals surface area contributed by atoms with Crippen LogP contribution in [-0.4, -0.2) is 16.7 Å². The first-order chi connectivity index (χ1) is 6.77. The molecule has 4 nitrogen and oxygen atoms in total. The van der Waals surface area contributed by atoms with Gasteiger partial charge in [0.15, 0.2) is 0 Å². The number of ether oxygens (including phenoxy) is 1. The van der Waals surface area contributed by atoms with Crippen LogP contribution in [0.1, 0.15) is 5.56 Å². The summed E-state index contributed by atoms with van der Waals surface area (Å²) in [6, 6.07) is 3.88. The lowest BCUT2D eigenvalue weighted by Gasteiger charge is -2.02. The van der Waals surface area contributed by atoms with E-state index in [0.29, 0.717) is 11.1 Å². The highest BCUT2D eigenvalue weighted by molar-refractivity contribution is 5.87. The fourth-order valence-electron chi connectivity index (χ4n) is 1.54. The van der Waals surface area contributed by atoms with Gasteiger partial charge in [0.25, 0.3) is 0 Å². The molecule has 0 unspecified atom stereocenters. The van der Waals surface area contributed by atoms with Crippen LogP contribution in [0, 0.1) is 11.3 Å². The minimum Gasteiger partial charge on any atom is -0.494 e. The summed E-state index contributed by atoms with van der Waals surface area (Å²) in [5, 5.41) is 8.87. The predicted octanol–water partition coefficient (Wildman–Crippen LogP) is 1.45. The van der Waals surface area contributed by atoms with Crippen molar-refractivity contribution in [2.75, 3.05) is 7.11 Å². The molecule has 0 N–H and O–H groups in total. The molecule has 2 aromatic rings. The first kappa shape index (κ1) is 8.57. The summed E-state index contributed by atoms with van der Waals surface area (Å²) in [6.07, 6.45) is 3.39. The van der Waals surface area contributed by atoms with Crippen LogP contribution in [0.3, 0.4) is 0 Å². The molecule has 0 aromatic carbocycles. The SMILES string of the molecule is COc1ccnc2c(C#N)cn(C)c12. The largest absolute Gasteiger partial charge is 0.494 e. The molecule has 0 saturated carbocycles. The second-order valence-corrected chi connectivity index (χ2v) is 2.98. The highest BCUT2D eigenvalue weighted by Gasteiger charge is 2.11. The molecule has 0 radical (unpaired) electrons. The molecule has 70 valence electrons. The molecule has 4 heteroatoms. The zero-order valence-corrected chi connectivity index (χ0v) is 7.98. The van der Waals surface area contributed by atoms with Crippen molar-refractivity contribution < 1.29 is 4.74 Å². The van der Waals surface area contributed by atoms with E-state index >= 15 is 0 Å². The topological polar surface area (TPSA) is 50.8 Å². The van der Waals surface area contributed by atoms with Gasteiger partial charge < -0.3 is 9.30 Å². The molecule has 2 rings (SSSR count). The fraction of sp³-hybridized carbons (Fsp3) is 0.200. The lowest BCUT2D eigenvalue weighted by molar-refractivity contribution is 0.417. The quantitative estimate of drug-likeness (QED) is 0.679. The van der Waals surface area contributed by atoms with Gasteiger partial charge in [0.1, 0.15) is 22.9 Å². The Bertz CT molecular complexity index is 522. The van der Waals surface area contributed by atoms with E-state index in [1.807, 2.05) is 11.6 Å². The zero-order chi connectivity index (χ0) is 10.1. The molecule has 0 bridgehead atoms. The third kappa shape index (κ3) is 1.03. The average molecular weight is 187 g/mol. The van der Waals surface area contributed by atoms with E-state index in [4.69, 9.17) is 10.00 Å². The number of nitrogens with zero attached hydrogens (tertiary/aromatic N) is 3. The smallest absolute Gasteiger partial charge is 0.146 e. The van der Waals surface area contributed by atoms with E-state index in [-0.39, 0.29) is 0 Å². The second-order valence-electron chi connectivity index (χ2n) is 2.98. The third-order valence-corrected chi connectivity index (χ3v) is 2.16. The highest BCUT2D eigenvalue weighted by atomic mass is 16.5. The first-order valence-corrected chi connectivity index (χ1v) is 4.16. The summed E-state index contributed by atoms with van der Waals surface area (Å²) in [5.41, 5.74) is 2.11. The highest BCUT2D eigenvalue weighted by Crippen LogP contribution is 2.26. The maximum Gasteiger partial charge on any atom is 0.146 e. The third-order valence-electron chi connectivity index (χ3n) is 2.16. The van der Waals surface area contributed by atoms with Crippen LogP contribution < -0.4 is 4.74 Å². The molecule has 0 spiro atoms. The Morgan fingerprint density at radius 1 is 1.57 bits per heavy atom. The normalized spacial score (nSPS) is 10.1. The van der Waals surface area contributed by atoms with Crippen LogP contribution >= 0.6 is 0 Å². The molecule has 2 aromatic heterocycles. The Kier molecular flexibility index (Phi) is 1.86. The van der Waals surface area contributed by atoms with Crippen molar-refractivity contribution in [3.05, 3.63) is 24.0 Å². The molecular weight excluding hydrogens is 178 g/mol. The second kappa shape index (κ2) is 3.04. The van der Waals surface area contributed by atoms with Gasteiger partial charge in [-0.3, -0.25) is 4.98 Å². The first-order valence-electron chi connectivity index (χ1n) is 4.16. The number of pyridine rings is 1. The van der Waals surface area contributed by atoms with Gasteiger partial charge in [-0.15, -0.1) is 0 Å². The van der Waals surface area contributed by atoms with Crippen LogP contribution in [0.2, 0.25) is 0 Å².